The molecule has 4 heteroatoms. The third-order valence-corrected chi connectivity index (χ3v) is 3.55. The van der Waals surface area contributed by atoms with Crippen molar-refractivity contribution in [1.82, 2.24) is 9.78 Å². The van der Waals surface area contributed by atoms with Gasteiger partial charge in [-0.25, -0.2) is 0 Å². The molecule has 0 bridgehead atoms. The molecule has 0 saturated carbocycles. The maximum atomic E-state index is 10.6. The highest BCUT2D eigenvalue weighted by molar-refractivity contribution is 5.47. The van der Waals surface area contributed by atoms with E-state index in [1.54, 1.807) is 0 Å². The van der Waals surface area contributed by atoms with Crippen LogP contribution in [-0.4, -0.2) is 21.5 Å². The maximum Gasteiger partial charge on any atom is 0.128 e. The molecule has 2 aromatic rings. The summed E-state index contributed by atoms with van der Waals surface area (Å²) in [7, 11) is 0. The van der Waals surface area contributed by atoms with Gasteiger partial charge in [0.1, 0.15) is 11.9 Å². The Morgan fingerprint density at radius 2 is 2.32 bits per heavy atom. The Labute approximate surface area is 112 Å². The summed E-state index contributed by atoms with van der Waals surface area (Å²) < 4.78 is 7.50. The van der Waals surface area contributed by atoms with E-state index < -0.39 is 6.10 Å². The van der Waals surface area contributed by atoms with E-state index >= 15 is 0 Å². The summed E-state index contributed by atoms with van der Waals surface area (Å²) >= 11 is 0. The van der Waals surface area contributed by atoms with Crippen molar-refractivity contribution in [2.75, 3.05) is 6.61 Å². The fourth-order valence-electron chi connectivity index (χ4n) is 2.65. The molecule has 1 N–H and O–H groups in total. The average molecular weight is 258 g/mol. The second-order valence-corrected chi connectivity index (χ2v) is 4.86. The van der Waals surface area contributed by atoms with Gasteiger partial charge in [-0.3, -0.25) is 4.68 Å². The Morgan fingerprint density at radius 1 is 1.47 bits per heavy atom. The van der Waals surface area contributed by atoms with Crippen LogP contribution in [0.2, 0.25) is 0 Å². The van der Waals surface area contributed by atoms with Crippen molar-refractivity contribution in [2.45, 2.75) is 32.9 Å². The van der Waals surface area contributed by atoms with E-state index in [4.69, 9.17) is 4.74 Å². The van der Waals surface area contributed by atoms with E-state index in [0.717, 1.165) is 35.7 Å². The molecule has 0 spiro atoms. The van der Waals surface area contributed by atoms with E-state index in [1.165, 1.54) is 5.56 Å². The number of aliphatic hydroxyl groups is 1. The van der Waals surface area contributed by atoms with Crippen LogP contribution in [0.25, 0.3) is 0 Å². The number of fused-ring (bicyclic) bond motifs is 1. The Balaban J connectivity index is 2.04. The van der Waals surface area contributed by atoms with Crippen molar-refractivity contribution in [2.24, 2.45) is 0 Å². The molecule has 0 saturated heterocycles. The van der Waals surface area contributed by atoms with Gasteiger partial charge in [-0.2, -0.15) is 5.10 Å². The SMILES string of the molecule is CCn1nc(C)cc1C(O)c1cccc2c1OCC2. The highest BCUT2D eigenvalue weighted by Crippen LogP contribution is 2.36. The molecular formula is C15H18N2O2. The zero-order chi connectivity index (χ0) is 13.4. The molecule has 1 aliphatic heterocycles. The molecule has 1 aromatic heterocycles. The van der Waals surface area contributed by atoms with Crippen molar-refractivity contribution >= 4 is 0 Å². The quantitative estimate of drug-likeness (QED) is 0.918. The smallest absolute Gasteiger partial charge is 0.128 e. The lowest BCUT2D eigenvalue weighted by atomic mass is 10.0. The van der Waals surface area contributed by atoms with Gasteiger partial charge in [0.2, 0.25) is 0 Å². The lowest BCUT2D eigenvalue weighted by molar-refractivity contribution is 0.202. The minimum Gasteiger partial charge on any atom is -0.493 e. The number of nitrogens with zero attached hydrogens (tertiary/aromatic N) is 2. The summed E-state index contributed by atoms with van der Waals surface area (Å²) in [6, 6.07) is 7.90. The first-order valence-electron chi connectivity index (χ1n) is 6.67. The largest absolute Gasteiger partial charge is 0.493 e. The maximum absolute atomic E-state index is 10.6. The lowest BCUT2D eigenvalue weighted by Gasteiger charge is -2.15. The number of aromatic nitrogens is 2. The van der Waals surface area contributed by atoms with Crippen LogP contribution in [-0.2, 0) is 13.0 Å². The molecule has 1 unspecified atom stereocenters. The monoisotopic (exact) mass is 258 g/mol. The van der Waals surface area contributed by atoms with Gasteiger partial charge < -0.3 is 9.84 Å². The molecule has 3 rings (SSSR count). The van der Waals surface area contributed by atoms with Gasteiger partial charge in [0.25, 0.3) is 0 Å². The van der Waals surface area contributed by atoms with E-state index in [1.807, 2.05) is 36.7 Å². The van der Waals surface area contributed by atoms with Gasteiger partial charge in [0.05, 0.1) is 18.0 Å². The van der Waals surface area contributed by atoms with Crippen LogP contribution in [0, 0.1) is 6.92 Å². The topological polar surface area (TPSA) is 47.3 Å². The molecule has 0 aliphatic carbocycles. The van der Waals surface area contributed by atoms with Crippen LogP contribution in [0.4, 0.5) is 0 Å². The van der Waals surface area contributed by atoms with Crippen molar-refractivity contribution in [3.05, 3.63) is 46.8 Å². The summed E-state index contributed by atoms with van der Waals surface area (Å²) in [5.41, 5.74) is 3.76. The molecule has 100 valence electrons. The van der Waals surface area contributed by atoms with E-state index in [9.17, 15) is 5.11 Å². The van der Waals surface area contributed by atoms with E-state index in [2.05, 4.69) is 11.2 Å². The van der Waals surface area contributed by atoms with Crippen LogP contribution >= 0.6 is 0 Å². The first-order valence-corrected chi connectivity index (χ1v) is 6.67. The van der Waals surface area contributed by atoms with Crippen molar-refractivity contribution in [3.8, 4) is 5.75 Å². The second kappa shape index (κ2) is 4.70. The van der Waals surface area contributed by atoms with Crippen LogP contribution in [0.15, 0.2) is 24.3 Å². The molecule has 0 fully saturated rings. The first kappa shape index (κ1) is 12.2. The van der Waals surface area contributed by atoms with Gasteiger partial charge in [0.15, 0.2) is 0 Å². The number of aryl methyl sites for hydroxylation is 2. The number of hydrogen-bond donors (Lipinski definition) is 1. The van der Waals surface area contributed by atoms with Crippen molar-refractivity contribution in [1.29, 1.82) is 0 Å². The van der Waals surface area contributed by atoms with E-state index in [-0.39, 0.29) is 0 Å². The molecule has 1 atom stereocenters. The highest BCUT2D eigenvalue weighted by atomic mass is 16.5. The highest BCUT2D eigenvalue weighted by Gasteiger charge is 2.24. The number of aliphatic hydroxyl groups excluding tert-OH is 1. The minimum absolute atomic E-state index is 0.686. The van der Waals surface area contributed by atoms with Gasteiger partial charge in [-0.1, -0.05) is 18.2 Å². The van der Waals surface area contributed by atoms with Crippen molar-refractivity contribution in [3.63, 3.8) is 0 Å². The Bertz CT molecular complexity index is 604. The summed E-state index contributed by atoms with van der Waals surface area (Å²) in [4.78, 5) is 0. The molecule has 4 nitrogen and oxygen atoms in total. The molecular weight excluding hydrogens is 240 g/mol. The molecule has 1 aliphatic rings. The van der Waals surface area contributed by atoms with Crippen LogP contribution in [0.3, 0.4) is 0 Å². The summed E-state index contributed by atoms with van der Waals surface area (Å²) in [6.07, 6.45) is 0.233. The molecule has 19 heavy (non-hydrogen) atoms. The third kappa shape index (κ3) is 2.02. The minimum atomic E-state index is -0.686. The fraction of sp³-hybridized carbons (Fsp3) is 0.400. The molecule has 0 radical (unpaired) electrons. The zero-order valence-corrected chi connectivity index (χ0v) is 11.3. The van der Waals surface area contributed by atoms with Gasteiger partial charge >= 0.3 is 0 Å². The number of benzene rings is 1. The molecule has 2 heterocycles. The standard InChI is InChI=1S/C15H18N2O2/c1-3-17-13(9-10(2)16-17)14(18)12-6-4-5-11-7-8-19-15(11)12/h4-6,9,14,18H,3,7-8H2,1-2H3. The van der Waals surface area contributed by atoms with Gasteiger partial charge in [0, 0.05) is 18.5 Å². The van der Waals surface area contributed by atoms with E-state index in [0.29, 0.717) is 6.61 Å². The number of ether oxygens (including phenoxy) is 1. The predicted molar refractivity (Wildman–Crippen MR) is 72.3 cm³/mol. The van der Waals surface area contributed by atoms with Gasteiger partial charge in [-0.15, -0.1) is 0 Å². The fourth-order valence-corrected chi connectivity index (χ4v) is 2.65. The number of rotatable bonds is 3. The Kier molecular flexibility index (Phi) is 3.03. The van der Waals surface area contributed by atoms with Crippen LogP contribution in [0.5, 0.6) is 5.75 Å². The summed E-state index contributed by atoms with van der Waals surface area (Å²) in [5, 5.41) is 15.0. The average Bonchev–Trinajstić information content (AvgIpc) is 3.03. The first-order chi connectivity index (χ1) is 9.20. The molecule has 1 aromatic carbocycles. The summed E-state index contributed by atoms with van der Waals surface area (Å²) in [5.74, 6) is 0.844. The second-order valence-electron chi connectivity index (χ2n) is 4.86. The third-order valence-electron chi connectivity index (χ3n) is 3.55. The normalized spacial score (nSPS) is 15.1. The Hall–Kier alpha value is -1.81. The zero-order valence-electron chi connectivity index (χ0n) is 11.3. The Morgan fingerprint density at radius 3 is 3.11 bits per heavy atom. The summed E-state index contributed by atoms with van der Waals surface area (Å²) in [6.45, 7) is 5.41. The lowest BCUT2D eigenvalue weighted by Crippen LogP contribution is -2.10. The molecule has 0 amide bonds. The van der Waals surface area contributed by atoms with Crippen LogP contribution in [0.1, 0.15) is 35.5 Å². The number of para-hydroxylation sites is 1. The van der Waals surface area contributed by atoms with Gasteiger partial charge in [-0.05, 0) is 25.5 Å². The number of hydrogen-bond acceptors (Lipinski definition) is 3. The predicted octanol–water partition coefficient (Wildman–Crippen LogP) is 2.23. The van der Waals surface area contributed by atoms with Crippen LogP contribution < -0.4 is 4.74 Å². The van der Waals surface area contributed by atoms with Crippen molar-refractivity contribution < 1.29 is 9.84 Å².